The molecule has 0 aliphatic rings. The minimum atomic E-state index is -0.276. The van der Waals surface area contributed by atoms with Crippen LogP contribution in [0.3, 0.4) is 0 Å². The van der Waals surface area contributed by atoms with Crippen molar-refractivity contribution < 1.29 is 9.32 Å². The molecule has 3 N–H and O–H groups in total. The summed E-state index contributed by atoms with van der Waals surface area (Å²) in [6, 6.07) is 8.86. The van der Waals surface area contributed by atoms with Crippen LogP contribution in [0.1, 0.15) is 21.6 Å². The highest BCUT2D eigenvalue weighted by atomic mass is 32.1. The van der Waals surface area contributed by atoms with Crippen LogP contribution in [0.5, 0.6) is 0 Å². The molecule has 92 valence electrons. The fourth-order valence-electron chi connectivity index (χ4n) is 1.39. The van der Waals surface area contributed by atoms with E-state index in [9.17, 15) is 4.79 Å². The van der Waals surface area contributed by atoms with Gasteiger partial charge in [-0.1, -0.05) is 41.6 Å². The molecule has 1 heterocycles. The van der Waals surface area contributed by atoms with Gasteiger partial charge in [-0.05, 0) is 5.56 Å². The highest BCUT2D eigenvalue weighted by Crippen LogP contribution is 2.04. The van der Waals surface area contributed by atoms with E-state index in [0.29, 0.717) is 11.5 Å². The molecule has 5 nitrogen and oxygen atoms in total. The molecule has 0 atom stereocenters. The lowest BCUT2D eigenvalue weighted by Gasteiger charge is -2.04. The molecule has 18 heavy (non-hydrogen) atoms. The molecule has 0 aliphatic heterocycles. The second-order valence-corrected chi connectivity index (χ2v) is 4.07. The number of rotatable bonds is 4. The third kappa shape index (κ3) is 2.92. The number of nitrogens with two attached hydrogens (primary N) is 1. The smallest absolute Gasteiger partial charge is 0.273 e. The first-order chi connectivity index (χ1) is 8.66. The van der Waals surface area contributed by atoms with Crippen LogP contribution >= 0.6 is 12.2 Å². The van der Waals surface area contributed by atoms with Gasteiger partial charge in [0.05, 0.1) is 0 Å². The first-order valence-electron chi connectivity index (χ1n) is 5.24. The van der Waals surface area contributed by atoms with Crippen LogP contribution in [0, 0.1) is 0 Å². The fraction of sp³-hybridized carbons (Fsp3) is 0.0833. The Balaban J connectivity index is 1.94. The van der Waals surface area contributed by atoms with Crippen molar-refractivity contribution in [2.24, 2.45) is 5.73 Å². The molecule has 0 saturated heterocycles. The second kappa shape index (κ2) is 5.42. The second-order valence-electron chi connectivity index (χ2n) is 3.63. The van der Waals surface area contributed by atoms with E-state index in [0.717, 1.165) is 11.1 Å². The third-order valence-electron chi connectivity index (χ3n) is 2.36. The van der Waals surface area contributed by atoms with E-state index >= 15 is 0 Å². The number of benzene rings is 1. The Kier molecular flexibility index (Phi) is 3.69. The van der Waals surface area contributed by atoms with Gasteiger partial charge < -0.3 is 15.6 Å². The number of aromatic nitrogens is 1. The largest absolute Gasteiger partial charge is 0.389 e. The Morgan fingerprint density at radius 3 is 2.61 bits per heavy atom. The molecule has 0 bridgehead atoms. The minimum absolute atomic E-state index is 0.259. The summed E-state index contributed by atoms with van der Waals surface area (Å²) in [5, 5.41) is 6.27. The van der Waals surface area contributed by atoms with Gasteiger partial charge in [0.25, 0.3) is 5.91 Å². The summed E-state index contributed by atoms with van der Waals surface area (Å²) in [5.41, 5.74) is 7.51. The lowest BCUT2D eigenvalue weighted by molar-refractivity contribution is 0.0942. The Bertz CT molecular complexity index is 549. The Hall–Kier alpha value is -2.21. The van der Waals surface area contributed by atoms with Crippen LogP contribution in [0.15, 0.2) is 41.1 Å². The van der Waals surface area contributed by atoms with Gasteiger partial charge in [-0.2, -0.15) is 0 Å². The Morgan fingerprint density at radius 1 is 1.33 bits per heavy atom. The van der Waals surface area contributed by atoms with E-state index in [-0.39, 0.29) is 11.6 Å². The van der Waals surface area contributed by atoms with Crippen LogP contribution in [0.25, 0.3) is 0 Å². The van der Waals surface area contributed by atoms with Gasteiger partial charge in [0.1, 0.15) is 11.3 Å². The van der Waals surface area contributed by atoms with Crippen LogP contribution < -0.4 is 11.1 Å². The molecule has 0 spiro atoms. The predicted octanol–water partition coefficient (Wildman–Crippen LogP) is 1.24. The number of carbonyl (C=O) groups excluding carboxylic acids is 1. The van der Waals surface area contributed by atoms with Crippen molar-refractivity contribution in [1.29, 1.82) is 0 Å². The number of carbonyl (C=O) groups is 1. The summed E-state index contributed by atoms with van der Waals surface area (Å²) in [4.78, 5) is 11.9. The Labute approximate surface area is 109 Å². The zero-order valence-corrected chi connectivity index (χ0v) is 10.2. The molecule has 6 heteroatoms. The molecule has 1 aromatic heterocycles. The first-order valence-corrected chi connectivity index (χ1v) is 5.65. The summed E-state index contributed by atoms with van der Waals surface area (Å²) in [7, 11) is 0. The number of nitrogens with one attached hydrogen (secondary N) is 1. The molecule has 0 unspecified atom stereocenters. The van der Waals surface area contributed by atoms with Crippen LogP contribution in [-0.2, 0) is 6.54 Å². The van der Waals surface area contributed by atoms with Gasteiger partial charge in [0.2, 0.25) is 0 Å². The fourth-order valence-corrected chi connectivity index (χ4v) is 1.53. The number of amides is 1. The summed E-state index contributed by atoms with van der Waals surface area (Å²) >= 11 is 4.85. The summed E-state index contributed by atoms with van der Waals surface area (Å²) in [5.74, 6) is -0.276. The van der Waals surface area contributed by atoms with Gasteiger partial charge in [0.15, 0.2) is 5.69 Å². The lowest BCUT2D eigenvalue weighted by atomic mass is 10.1. The van der Waals surface area contributed by atoms with E-state index in [1.165, 1.54) is 12.3 Å². The van der Waals surface area contributed by atoms with Gasteiger partial charge in [0, 0.05) is 18.2 Å². The topological polar surface area (TPSA) is 81.1 Å². The van der Waals surface area contributed by atoms with Crippen molar-refractivity contribution in [3.63, 3.8) is 0 Å². The number of hydrogen-bond acceptors (Lipinski definition) is 4. The quantitative estimate of drug-likeness (QED) is 0.809. The maximum atomic E-state index is 11.6. The Morgan fingerprint density at radius 2 is 2.06 bits per heavy atom. The summed E-state index contributed by atoms with van der Waals surface area (Å²) < 4.78 is 4.59. The van der Waals surface area contributed by atoms with Crippen molar-refractivity contribution in [2.75, 3.05) is 0 Å². The van der Waals surface area contributed by atoms with Crippen molar-refractivity contribution in [3.05, 3.63) is 53.4 Å². The average molecular weight is 261 g/mol. The van der Waals surface area contributed by atoms with E-state index < -0.39 is 0 Å². The summed E-state index contributed by atoms with van der Waals surface area (Å²) in [6.45, 7) is 0.406. The molecule has 0 radical (unpaired) electrons. The highest BCUT2D eigenvalue weighted by molar-refractivity contribution is 7.80. The van der Waals surface area contributed by atoms with Crippen molar-refractivity contribution in [3.8, 4) is 0 Å². The monoisotopic (exact) mass is 261 g/mol. The molecule has 2 aromatic rings. The maximum absolute atomic E-state index is 11.6. The van der Waals surface area contributed by atoms with Crippen molar-refractivity contribution >= 4 is 23.1 Å². The SMILES string of the molecule is NC(=S)c1ccc(CNC(=O)c2ccon2)cc1. The molecule has 2 rings (SSSR count). The van der Waals surface area contributed by atoms with Crippen LogP contribution in [0.4, 0.5) is 0 Å². The molecular weight excluding hydrogens is 250 g/mol. The summed E-state index contributed by atoms with van der Waals surface area (Å²) in [6.07, 6.45) is 1.35. The zero-order chi connectivity index (χ0) is 13.0. The zero-order valence-electron chi connectivity index (χ0n) is 9.42. The molecular formula is C12H11N3O2S. The van der Waals surface area contributed by atoms with E-state index in [4.69, 9.17) is 18.0 Å². The van der Waals surface area contributed by atoms with Crippen LogP contribution in [-0.4, -0.2) is 16.1 Å². The van der Waals surface area contributed by atoms with Gasteiger partial charge in [-0.3, -0.25) is 4.79 Å². The van der Waals surface area contributed by atoms with Crippen LogP contribution in [0.2, 0.25) is 0 Å². The van der Waals surface area contributed by atoms with E-state index in [2.05, 4.69) is 15.0 Å². The number of nitrogens with zero attached hydrogens (tertiary/aromatic N) is 1. The van der Waals surface area contributed by atoms with Gasteiger partial charge in [-0.15, -0.1) is 0 Å². The van der Waals surface area contributed by atoms with E-state index in [1.807, 2.05) is 24.3 Å². The minimum Gasteiger partial charge on any atom is -0.389 e. The lowest BCUT2D eigenvalue weighted by Crippen LogP contribution is -2.23. The molecule has 0 aliphatic carbocycles. The van der Waals surface area contributed by atoms with E-state index in [1.54, 1.807) is 0 Å². The standard InChI is InChI=1S/C12H11N3O2S/c13-11(18)9-3-1-8(2-4-9)7-14-12(16)10-5-6-17-15-10/h1-6H,7H2,(H2,13,18)(H,14,16). The predicted molar refractivity (Wildman–Crippen MR) is 70.0 cm³/mol. The van der Waals surface area contributed by atoms with Crippen molar-refractivity contribution in [1.82, 2.24) is 10.5 Å². The van der Waals surface area contributed by atoms with Gasteiger partial charge in [-0.25, -0.2) is 0 Å². The number of hydrogen-bond donors (Lipinski definition) is 2. The normalized spacial score (nSPS) is 10.0. The van der Waals surface area contributed by atoms with Gasteiger partial charge >= 0.3 is 0 Å². The first kappa shape index (κ1) is 12.3. The molecule has 1 aromatic carbocycles. The highest BCUT2D eigenvalue weighted by Gasteiger charge is 2.07. The molecule has 1 amide bonds. The molecule has 0 fully saturated rings. The maximum Gasteiger partial charge on any atom is 0.273 e. The molecule has 0 saturated carbocycles. The third-order valence-corrected chi connectivity index (χ3v) is 2.60. The average Bonchev–Trinajstić information content (AvgIpc) is 2.90. The number of thiocarbonyl (C=S) groups is 1. The van der Waals surface area contributed by atoms with Crippen molar-refractivity contribution in [2.45, 2.75) is 6.54 Å².